The highest BCUT2D eigenvalue weighted by atomic mass is 16.5. The summed E-state index contributed by atoms with van der Waals surface area (Å²) < 4.78 is 7.48. The molecule has 0 saturated heterocycles. The van der Waals surface area contributed by atoms with Gasteiger partial charge in [0.05, 0.1) is 12.3 Å². The molecule has 2 atom stereocenters. The largest absolute Gasteiger partial charge is 0.473 e. The highest BCUT2D eigenvalue weighted by molar-refractivity contribution is 6.00. The molecule has 2 fully saturated rings. The molecule has 2 aliphatic rings. The Hall–Kier alpha value is -3.40. The lowest BCUT2D eigenvalue weighted by Gasteiger charge is -2.14. The van der Waals surface area contributed by atoms with Gasteiger partial charge in [0.15, 0.2) is 5.65 Å². The van der Waals surface area contributed by atoms with Gasteiger partial charge in [-0.3, -0.25) is 4.79 Å². The lowest BCUT2D eigenvalue weighted by atomic mass is 10.2. The summed E-state index contributed by atoms with van der Waals surface area (Å²) in [4.78, 5) is 21.8. The van der Waals surface area contributed by atoms with Crippen molar-refractivity contribution < 1.29 is 14.6 Å². The van der Waals surface area contributed by atoms with Crippen molar-refractivity contribution in [2.75, 3.05) is 17.7 Å². The van der Waals surface area contributed by atoms with Gasteiger partial charge >= 0.3 is 0 Å². The van der Waals surface area contributed by atoms with E-state index in [-0.39, 0.29) is 24.2 Å². The van der Waals surface area contributed by atoms with Gasteiger partial charge in [-0.1, -0.05) is 0 Å². The van der Waals surface area contributed by atoms with Crippen LogP contribution in [-0.4, -0.2) is 55.9 Å². The zero-order valence-corrected chi connectivity index (χ0v) is 17.2. The number of carbonyl (C=O) groups excluding carboxylic acids is 1. The number of pyridine rings is 1. The van der Waals surface area contributed by atoms with Gasteiger partial charge in [0, 0.05) is 25.4 Å². The molecule has 0 radical (unpaired) electrons. The van der Waals surface area contributed by atoms with Crippen LogP contribution in [0.2, 0.25) is 0 Å². The third kappa shape index (κ3) is 4.11. The van der Waals surface area contributed by atoms with Crippen LogP contribution in [0.15, 0.2) is 30.6 Å². The number of carbonyl (C=O) groups is 1. The fourth-order valence-corrected chi connectivity index (χ4v) is 3.78. The van der Waals surface area contributed by atoms with Crippen molar-refractivity contribution >= 4 is 28.9 Å². The molecule has 10 heteroatoms. The first kappa shape index (κ1) is 19.6. The van der Waals surface area contributed by atoms with Crippen LogP contribution >= 0.6 is 0 Å². The number of aromatic nitrogens is 4. The molecule has 3 aromatic heterocycles. The number of ether oxygens (including phenoxy) is 1. The number of hydrogen-bond donors (Lipinski definition) is 4. The van der Waals surface area contributed by atoms with Crippen LogP contribution < -0.4 is 20.7 Å². The predicted octanol–water partition coefficient (Wildman–Crippen LogP) is 2.09. The maximum Gasteiger partial charge on any atom is 0.256 e. The molecular formula is C21H25N7O3. The summed E-state index contributed by atoms with van der Waals surface area (Å²) in [5, 5.41) is 23.4. The zero-order chi connectivity index (χ0) is 21.4. The summed E-state index contributed by atoms with van der Waals surface area (Å²) in [6, 6.07) is 5.47. The van der Waals surface area contributed by atoms with Crippen LogP contribution in [0.3, 0.4) is 0 Å². The number of anilines is 3. The van der Waals surface area contributed by atoms with E-state index in [0.717, 1.165) is 19.3 Å². The number of rotatable bonds is 7. The van der Waals surface area contributed by atoms with Crippen molar-refractivity contribution in [2.24, 2.45) is 0 Å². The normalized spacial score (nSPS) is 20.6. The Kier molecular flexibility index (Phi) is 5.06. The molecule has 0 spiro atoms. The lowest BCUT2D eigenvalue weighted by Crippen LogP contribution is -2.33. The number of nitrogens with zero attached hydrogens (tertiary/aromatic N) is 4. The molecule has 10 nitrogen and oxygen atoms in total. The van der Waals surface area contributed by atoms with Gasteiger partial charge in [-0.15, -0.1) is 0 Å². The second-order valence-corrected chi connectivity index (χ2v) is 8.01. The van der Waals surface area contributed by atoms with Crippen molar-refractivity contribution in [3.8, 4) is 5.88 Å². The monoisotopic (exact) mass is 423 g/mol. The summed E-state index contributed by atoms with van der Waals surface area (Å²) in [5.74, 6) is 1.50. The van der Waals surface area contributed by atoms with Crippen molar-refractivity contribution in [1.29, 1.82) is 0 Å². The van der Waals surface area contributed by atoms with E-state index in [9.17, 15) is 9.90 Å². The molecule has 3 aromatic rings. The van der Waals surface area contributed by atoms with Crippen LogP contribution in [0, 0.1) is 0 Å². The molecule has 4 N–H and O–H groups in total. The SMILES string of the molecule is CNc1cc(Nc2cccnc2OC2CC2)nc2c(C(=O)N[C@H]3CC[C@H](O)C3)cnn12. The third-order valence-electron chi connectivity index (χ3n) is 5.55. The average Bonchev–Trinajstić information content (AvgIpc) is 3.32. The second-order valence-electron chi connectivity index (χ2n) is 8.01. The summed E-state index contributed by atoms with van der Waals surface area (Å²) in [6.45, 7) is 0. The highest BCUT2D eigenvalue weighted by Gasteiger charge is 2.27. The topological polar surface area (TPSA) is 126 Å². The van der Waals surface area contributed by atoms with Crippen molar-refractivity contribution in [3.05, 3.63) is 36.2 Å². The van der Waals surface area contributed by atoms with Gasteiger partial charge in [0.2, 0.25) is 5.88 Å². The Bertz CT molecular complexity index is 1110. The first-order chi connectivity index (χ1) is 15.1. The number of aliphatic hydroxyl groups excluding tert-OH is 1. The molecule has 0 bridgehead atoms. The minimum atomic E-state index is -0.356. The second kappa shape index (κ2) is 8.03. The van der Waals surface area contributed by atoms with E-state index in [0.29, 0.717) is 47.3 Å². The maximum absolute atomic E-state index is 12.9. The van der Waals surface area contributed by atoms with Gasteiger partial charge in [-0.05, 0) is 44.2 Å². The van der Waals surface area contributed by atoms with Crippen LogP contribution in [0.1, 0.15) is 42.5 Å². The Morgan fingerprint density at radius 1 is 1.29 bits per heavy atom. The number of aliphatic hydroxyl groups is 1. The first-order valence-electron chi connectivity index (χ1n) is 10.5. The van der Waals surface area contributed by atoms with E-state index in [2.05, 4.69) is 31.0 Å². The molecule has 2 aliphatic carbocycles. The summed E-state index contributed by atoms with van der Waals surface area (Å²) in [5.41, 5.74) is 1.51. The van der Waals surface area contributed by atoms with Crippen molar-refractivity contribution in [2.45, 2.75) is 50.4 Å². The van der Waals surface area contributed by atoms with Gasteiger partial charge in [0.1, 0.15) is 29.0 Å². The summed E-state index contributed by atoms with van der Waals surface area (Å²) >= 11 is 0. The number of hydrogen-bond acceptors (Lipinski definition) is 8. The minimum Gasteiger partial charge on any atom is -0.473 e. The highest BCUT2D eigenvalue weighted by Crippen LogP contribution is 2.32. The van der Waals surface area contributed by atoms with Gasteiger partial charge in [-0.2, -0.15) is 9.61 Å². The van der Waals surface area contributed by atoms with Crippen LogP contribution in [0.5, 0.6) is 5.88 Å². The molecular weight excluding hydrogens is 398 g/mol. The molecule has 5 rings (SSSR count). The molecule has 0 aromatic carbocycles. The summed E-state index contributed by atoms with van der Waals surface area (Å²) in [7, 11) is 1.78. The predicted molar refractivity (Wildman–Crippen MR) is 115 cm³/mol. The minimum absolute atomic E-state index is 0.0416. The van der Waals surface area contributed by atoms with E-state index in [1.165, 1.54) is 6.20 Å². The van der Waals surface area contributed by atoms with E-state index < -0.39 is 0 Å². The fraction of sp³-hybridized carbons (Fsp3) is 0.429. The van der Waals surface area contributed by atoms with E-state index in [4.69, 9.17) is 4.74 Å². The Labute approximate surface area is 179 Å². The van der Waals surface area contributed by atoms with E-state index in [1.807, 2.05) is 18.2 Å². The third-order valence-corrected chi connectivity index (χ3v) is 5.55. The van der Waals surface area contributed by atoms with Crippen LogP contribution in [0.25, 0.3) is 5.65 Å². The van der Waals surface area contributed by atoms with Crippen LogP contribution in [0.4, 0.5) is 17.3 Å². The standard InChI is InChI=1S/C21H25N7O3/c1-22-18-10-17(26-16-3-2-8-23-21(16)31-14-6-7-14)27-19-15(11-24-28(18)19)20(30)25-12-4-5-13(29)9-12/h2-3,8,10-14,22,29H,4-7,9H2,1H3,(H,25,30)(H,26,27)/t12-,13-/m0/s1. The smallest absolute Gasteiger partial charge is 0.256 e. The maximum atomic E-state index is 12.9. The Morgan fingerprint density at radius 2 is 2.16 bits per heavy atom. The van der Waals surface area contributed by atoms with Crippen molar-refractivity contribution in [3.63, 3.8) is 0 Å². The van der Waals surface area contributed by atoms with Gasteiger partial charge < -0.3 is 25.8 Å². The van der Waals surface area contributed by atoms with E-state index in [1.54, 1.807) is 17.8 Å². The average molecular weight is 423 g/mol. The number of nitrogens with one attached hydrogen (secondary N) is 3. The quantitative estimate of drug-likeness (QED) is 0.455. The Morgan fingerprint density at radius 3 is 2.90 bits per heavy atom. The van der Waals surface area contributed by atoms with Crippen molar-refractivity contribution in [1.82, 2.24) is 24.9 Å². The molecule has 1 amide bonds. The summed E-state index contributed by atoms with van der Waals surface area (Å²) in [6.07, 6.45) is 7.18. The molecule has 31 heavy (non-hydrogen) atoms. The molecule has 3 heterocycles. The van der Waals surface area contributed by atoms with Gasteiger partial charge in [0.25, 0.3) is 5.91 Å². The molecule has 162 valence electrons. The van der Waals surface area contributed by atoms with Crippen LogP contribution in [-0.2, 0) is 0 Å². The molecule has 2 saturated carbocycles. The molecule has 0 unspecified atom stereocenters. The number of fused-ring (bicyclic) bond motifs is 1. The lowest BCUT2D eigenvalue weighted by molar-refractivity contribution is 0.0935. The van der Waals surface area contributed by atoms with E-state index >= 15 is 0 Å². The number of amides is 1. The Balaban J connectivity index is 1.44. The fourth-order valence-electron chi connectivity index (χ4n) is 3.78. The first-order valence-corrected chi connectivity index (χ1v) is 10.5. The zero-order valence-electron chi connectivity index (χ0n) is 17.2. The molecule has 0 aliphatic heterocycles. The van der Waals surface area contributed by atoms with Gasteiger partial charge in [-0.25, -0.2) is 9.97 Å².